The zero-order valence-corrected chi connectivity index (χ0v) is 11.6. The molecule has 2 rings (SSSR count). The first-order valence-corrected chi connectivity index (χ1v) is 7.03. The molecule has 2 aromatic carbocycles. The summed E-state index contributed by atoms with van der Waals surface area (Å²) >= 11 is 0. The highest BCUT2D eigenvalue weighted by atomic mass is 16.5. The molecule has 0 bridgehead atoms. The van der Waals surface area contributed by atoms with Gasteiger partial charge in [-0.2, -0.15) is 0 Å². The Kier molecular flexibility index (Phi) is 5.64. The van der Waals surface area contributed by atoms with Gasteiger partial charge in [0.15, 0.2) is 0 Å². The molecule has 0 fully saturated rings. The molecule has 0 radical (unpaired) electrons. The molecule has 0 aromatic heterocycles. The standard InChI is InChI=1S/C18H22O/c1-16(18-12-6-3-7-13-18)15-19-14-8-11-17-9-4-2-5-10-17/h2-7,9-10,12-13,16H,8,11,14-15H2,1H3. The summed E-state index contributed by atoms with van der Waals surface area (Å²) in [6, 6.07) is 21.1. The summed E-state index contributed by atoms with van der Waals surface area (Å²) < 4.78 is 5.77. The van der Waals surface area contributed by atoms with Gasteiger partial charge in [-0.05, 0) is 24.0 Å². The van der Waals surface area contributed by atoms with Crippen molar-refractivity contribution in [3.8, 4) is 0 Å². The van der Waals surface area contributed by atoms with Gasteiger partial charge in [-0.25, -0.2) is 0 Å². The van der Waals surface area contributed by atoms with E-state index in [1.807, 2.05) is 0 Å². The van der Waals surface area contributed by atoms with Gasteiger partial charge in [0, 0.05) is 12.5 Å². The van der Waals surface area contributed by atoms with Crippen molar-refractivity contribution in [2.45, 2.75) is 25.7 Å². The minimum atomic E-state index is 0.470. The highest BCUT2D eigenvalue weighted by Crippen LogP contribution is 2.14. The van der Waals surface area contributed by atoms with Gasteiger partial charge in [0.05, 0.1) is 6.61 Å². The Hall–Kier alpha value is -1.60. The Morgan fingerprint density at radius 3 is 2.21 bits per heavy atom. The first kappa shape index (κ1) is 13.8. The minimum Gasteiger partial charge on any atom is -0.381 e. The molecule has 0 saturated heterocycles. The lowest BCUT2D eigenvalue weighted by Crippen LogP contribution is -2.06. The molecule has 0 aliphatic carbocycles. The number of aryl methyl sites for hydroxylation is 1. The SMILES string of the molecule is CC(COCCCc1ccccc1)c1ccccc1. The van der Waals surface area contributed by atoms with E-state index in [0.717, 1.165) is 26.1 Å². The normalized spacial score (nSPS) is 12.3. The van der Waals surface area contributed by atoms with E-state index in [2.05, 4.69) is 67.6 Å². The van der Waals surface area contributed by atoms with Gasteiger partial charge < -0.3 is 4.74 Å². The second kappa shape index (κ2) is 7.75. The van der Waals surface area contributed by atoms with E-state index in [1.165, 1.54) is 11.1 Å². The van der Waals surface area contributed by atoms with Crippen LogP contribution in [-0.4, -0.2) is 13.2 Å². The Morgan fingerprint density at radius 1 is 0.895 bits per heavy atom. The van der Waals surface area contributed by atoms with Crippen LogP contribution in [0.15, 0.2) is 60.7 Å². The van der Waals surface area contributed by atoms with Crippen molar-refractivity contribution in [2.24, 2.45) is 0 Å². The average Bonchev–Trinajstić information content (AvgIpc) is 2.49. The monoisotopic (exact) mass is 254 g/mol. The van der Waals surface area contributed by atoms with Gasteiger partial charge in [-0.1, -0.05) is 67.6 Å². The van der Waals surface area contributed by atoms with Crippen LogP contribution in [0.1, 0.15) is 30.4 Å². The lowest BCUT2D eigenvalue weighted by Gasteiger charge is -2.12. The number of rotatable bonds is 7. The third kappa shape index (κ3) is 4.88. The minimum absolute atomic E-state index is 0.470. The maximum atomic E-state index is 5.77. The topological polar surface area (TPSA) is 9.23 Å². The highest BCUT2D eigenvalue weighted by molar-refractivity contribution is 5.18. The molecular formula is C18H22O. The molecule has 1 nitrogen and oxygen atoms in total. The number of hydrogen-bond acceptors (Lipinski definition) is 1. The molecule has 0 saturated carbocycles. The summed E-state index contributed by atoms with van der Waals surface area (Å²) in [6.07, 6.45) is 2.19. The largest absolute Gasteiger partial charge is 0.381 e. The Balaban J connectivity index is 1.62. The van der Waals surface area contributed by atoms with Gasteiger partial charge in [-0.3, -0.25) is 0 Å². The smallest absolute Gasteiger partial charge is 0.0532 e. The first-order chi connectivity index (χ1) is 9.36. The van der Waals surface area contributed by atoms with Crippen molar-refractivity contribution in [3.05, 3.63) is 71.8 Å². The second-order valence-electron chi connectivity index (χ2n) is 4.98. The predicted octanol–water partition coefficient (Wildman–Crippen LogP) is 4.44. The van der Waals surface area contributed by atoms with Crippen LogP contribution < -0.4 is 0 Å². The molecule has 0 spiro atoms. The fraction of sp³-hybridized carbons (Fsp3) is 0.333. The van der Waals surface area contributed by atoms with Gasteiger partial charge in [0.2, 0.25) is 0 Å². The van der Waals surface area contributed by atoms with Crippen molar-refractivity contribution in [2.75, 3.05) is 13.2 Å². The second-order valence-corrected chi connectivity index (χ2v) is 4.98. The average molecular weight is 254 g/mol. The van der Waals surface area contributed by atoms with Crippen molar-refractivity contribution in [1.29, 1.82) is 0 Å². The third-order valence-electron chi connectivity index (χ3n) is 3.33. The van der Waals surface area contributed by atoms with E-state index in [4.69, 9.17) is 4.74 Å². The molecule has 1 atom stereocenters. The van der Waals surface area contributed by atoms with Crippen LogP contribution in [0, 0.1) is 0 Å². The van der Waals surface area contributed by atoms with Crippen LogP contribution in [0.2, 0.25) is 0 Å². The summed E-state index contributed by atoms with van der Waals surface area (Å²) in [5.74, 6) is 0.470. The quantitative estimate of drug-likeness (QED) is 0.664. The van der Waals surface area contributed by atoms with Crippen LogP contribution in [0.5, 0.6) is 0 Å². The van der Waals surface area contributed by atoms with Crippen LogP contribution >= 0.6 is 0 Å². The van der Waals surface area contributed by atoms with E-state index in [0.29, 0.717) is 5.92 Å². The predicted molar refractivity (Wildman–Crippen MR) is 80.4 cm³/mol. The van der Waals surface area contributed by atoms with Gasteiger partial charge in [-0.15, -0.1) is 0 Å². The lowest BCUT2D eigenvalue weighted by molar-refractivity contribution is 0.121. The molecule has 0 aliphatic heterocycles. The Morgan fingerprint density at radius 2 is 1.53 bits per heavy atom. The van der Waals surface area contributed by atoms with E-state index < -0.39 is 0 Å². The molecule has 1 heteroatoms. The number of hydrogen-bond donors (Lipinski definition) is 0. The molecule has 100 valence electrons. The fourth-order valence-corrected chi connectivity index (χ4v) is 2.16. The van der Waals surface area contributed by atoms with Crippen molar-refractivity contribution >= 4 is 0 Å². The molecule has 0 N–H and O–H groups in total. The van der Waals surface area contributed by atoms with Crippen molar-refractivity contribution < 1.29 is 4.74 Å². The van der Waals surface area contributed by atoms with E-state index >= 15 is 0 Å². The molecule has 1 unspecified atom stereocenters. The van der Waals surface area contributed by atoms with Crippen molar-refractivity contribution in [3.63, 3.8) is 0 Å². The van der Waals surface area contributed by atoms with Crippen LogP contribution in [0.3, 0.4) is 0 Å². The zero-order valence-electron chi connectivity index (χ0n) is 11.6. The molecule has 2 aromatic rings. The van der Waals surface area contributed by atoms with Crippen LogP contribution in [0.25, 0.3) is 0 Å². The third-order valence-corrected chi connectivity index (χ3v) is 3.33. The Labute approximate surface area is 116 Å². The van der Waals surface area contributed by atoms with Gasteiger partial charge >= 0.3 is 0 Å². The molecule has 0 amide bonds. The van der Waals surface area contributed by atoms with E-state index in [9.17, 15) is 0 Å². The summed E-state index contributed by atoms with van der Waals surface area (Å²) in [4.78, 5) is 0. The molecule has 0 heterocycles. The number of ether oxygens (including phenoxy) is 1. The first-order valence-electron chi connectivity index (χ1n) is 7.03. The molecule has 0 aliphatic rings. The summed E-state index contributed by atoms with van der Waals surface area (Å²) in [7, 11) is 0. The van der Waals surface area contributed by atoms with Gasteiger partial charge in [0.1, 0.15) is 0 Å². The molecular weight excluding hydrogens is 232 g/mol. The Bertz CT molecular complexity index is 450. The van der Waals surface area contributed by atoms with Crippen LogP contribution in [0.4, 0.5) is 0 Å². The van der Waals surface area contributed by atoms with Crippen LogP contribution in [-0.2, 0) is 11.2 Å². The lowest BCUT2D eigenvalue weighted by atomic mass is 10.0. The number of benzene rings is 2. The maximum absolute atomic E-state index is 5.77. The fourth-order valence-electron chi connectivity index (χ4n) is 2.16. The summed E-state index contributed by atoms with van der Waals surface area (Å²) in [6.45, 7) is 3.86. The van der Waals surface area contributed by atoms with Crippen molar-refractivity contribution in [1.82, 2.24) is 0 Å². The molecule has 19 heavy (non-hydrogen) atoms. The summed E-state index contributed by atoms with van der Waals surface area (Å²) in [5, 5.41) is 0. The van der Waals surface area contributed by atoms with E-state index in [1.54, 1.807) is 0 Å². The maximum Gasteiger partial charge on any atom is 0.0532 e. The zero-order chi connectivity index (χ0) is 13.3. The van der Waals surface area contributed by atoms with Gasteiger partial charge in [0.25, 0.3) is 0 Å². The summed E-state index contributed by atoms with van der Waals surface area (Å²) in [5.41, 5.74) is 2.74. The van der Waals surface area contributed by atoms with E-state index in [-0.39, 0.29) is 0 Å². The highest BCUT2D eigenvalue weighted by Gasteiger charge is 2.04.